The molecule has 0 bridgehead atoms. The van der Waals surface area contributed by atoms with Crippen molar-refractivity contribution < 1.29 is 13.5 Å². The number of nitrogens with zero attached hydrogens (tertiary/aromatic N) is 1. The number of sulfonamides is 1. The van der Waals surface area contributed by atoms with Gasteiger partial charge >= 0.3 is 0 Å². The largest absolute Gasteiger partial charge is 0.388 e. The van der Waals surface area contributed by atoms with E-state index < -0.39 is 16.1 Å². The lowest BCUT2D eigenvalue weighted by Gasteiger charge is -2.13. The van der Waals surface area contributed by atoms with Crippen molar-refractivity contribution in [1.29, 1.82) is 0 Å². The maximum atomic E-state index is 12.6. The number of benzene rings is 2. The topological polar surface area (TPSA) is 79.3 Å². The molecule has 0 aliphatic carbocycles. The van der Waals surface area contributed by atoms with E-state index in [4.69, 9.17) is 0 Å². The van der Waals surface area contributed by atoms with E-state index in [1.165, 1.54) is 0 Å². The summed E-state index contributed by atoms with van der Waals surface area (Å²) in [5, 5.41) is 11.5. The van der Waals surface area contributed by atoms with Gasteiger partial charge in [-0.3, -0.25) is 4.98 Å². The van der Waals surface area contributed by atoms with Crippen LogP contribution in [0, 0.1) is 0 Å². The fraction of sp³-hybridized carbons (Fsp3) is 0.167. The lowest BCUT2D eigenvalue weighted by Crippen LogP contribution is -2.26. The summed E-state index contributed by atoms with van der Waals surface area (Å²) in [5.74, 6) is 0. The lowest BCUT2D eigenvalue weighted by molar-refractivity contribution is 0.169. The number of hydrogen-bond donors (Lipinski definition) is 2. The van der Waals surface area contributed by atoms with Gasteiger partial charge in [-0.25, -0.2) is 13.1 Å². The fourth-order valence-electron chi connectivity index (χ4n) is 2.58. The van der Waals surface area contributed by atoms with Crippen molar-refractivity contribution >= 4 is 20.8 Å². The Morgan fingerprint density at radius 2 is 1.83 bits per heavy atom. The molecule has 0 saturated carbocycles. The zero-order chi connectivity index (χ0) is 17.0. The monoisotopic (exact) mass is 342 g/mol. The molecular formula is C18H18N2O3S. The number of aliphatic hydroxyl groups excluding tert-OH is 1. The number of hydrogen-bond acceptors (Lipinski definition) is 4. The summed E-state index contributed by atoms with van der Waals surface area (Å²) in [6, 6.07) is 15.9. The Hall–Kier alpha value is -2.28. The molecule has 124 valence electrons. The Morgan fingerprint density at radius 3 is 2.62 bits per heavy atom. The van der Waals surface area contributed by atoms with E-state index in [-0.39, 0.29) is 11.4 Å². The van der Waals surface area contributed by atoms with Crippen LogP contribution in [0.3, 0.4) is 0 Å². The zero-order valence-corrected chi connectivity index (χ0v) is 13.8. The summed E-state index contributed by atoms with van der Waals surface area (Å²) >= 11 is 0. The van der Waals surface area contributed by atoms with E-state index in [0.717, 1.165) is 10.9 Å². The Balaban J connectivity index is 1.72. The Kier molecular flexibility index (Phi) is 4.89. The van der Waals surface area contributed by atoms with Crippen LogP contribution in [0.5, 0.6) is 0 Å². The minimum absolute atomic E-state index is 0.153. The molecule has 1 atom stereocenters. The van der Waals surface area contributed by atoms with Crippen LogP contribution in [0.15, 0.2) is 71.9 Å². The highest BCUT2D eigenvalue weighted by molar-refractivity contribution is 7.89. The third-order valence-electron chi connectivity index (χ3n) is 3.82. The van der Waals surface area contributed by atoms with Crippen molar-refractivity contribution in [3.05, 3.63) is 72.6 Å². The molecule has 24 heavy (non-hydrogen) atoms. The van der Waals surface area contributed by atoms with Gasteiger partial charge in [0.25, 0.3) is 0 Å². The molecule has 0 fully saturated rings. The van der Waals surface area contributed by atoms with Crippen LogP contribution >= 0.6 is 0 Å². The normalized spacial score (nSPS) is 13.0. The van der Waals surface area contributed by atoms with Crippen molar-refractivity contribution in [2.75, 3.05) is 6.54 Å². The van der Waals surface area contributed by atoms with Crippen LogP contribution in [0.25, 0.3) is 10.8 Å². The first kappa shape index (κ1) is 16.6. The van der Waals surface area contributed by atoms with Crippen LogP contribution in [-0.2, 0) is 10.0 Å². The third kappa shape index (κ3) is 3.62. The summed E-state index contributed by atoms with van der Waals surface area (Å²) in [4.78, 5) is 4.23. The minimum atomic E-state index is -3.65. The molecule has 0 spiro atoms. The molecule has 0 aliphatic heterocycles. The first-order valence-electron chi connectivity index (χ1n) is 7.63. The molecule has 0 aliphatic rings. The van der Waals surface area contributed by atoms with E-state index in [1.807, 2.05) is 36.4 Å². The molecule has 2 aromatic carbocycles. The van der Waals surface area contributed by atoms with Crippen molar-refractivity contribution in [1.82, 2.24) is 9.71 Å². The summed E-state index contributed by atoms with van der Waals surface area (Å²) in [6.45, 7) is 0.153. The first-order valence-corrected chi connectivity index (χ1v) is 9.12. The van der Waals surface area contributed by atoms with Crippen LogP contribution < -0.4 is 4.72 Å². The molecule has 5 nitrogen and oxygen atoms in total. The predicted octanol–water partition coefficient (Wildman–Crippen LogP) is 2.64. The number of aliphatic hydroxyl groups is 1. The lowest BCUT2D eigenvalue weighted by atomic mass is 10.1. The number of fused-ring (bicyclic) bond motifs is 1. The van der Waals surface area contributed by atoms with E-state index in [1.54, 1.807) is 30.6 Å². The Morgan fingerprint density at radius 1 is 1.04 bits per heavy atom. The SMILES string of the molecule is O=S(=O)(NCCC(O)c1ccccc1)c1cccc2cnccc12. The molecule has 0 radical (unpaired) electrons. The van der Waals surface area contributed by atoms with Gasteiger partial charge in [0.15, 0.2) is 0 Å². The Bertz CT molecular complexity index is 922. The molecule has 0 amide bonds. The molecule has 3 aromatic rings. The number of nitrogens with one attached hydrogen (secondary N) is 1. The van der Waals surface area contributed by atoms with Gasteiger partial charge in [-0.15, -0.1) is 0 Å². The van der Waals surface area contributed by atoms with Crippen LogP contribution in [-0.4, -0.2) is 25.1 Å². The van der Waals surface area contributed by atoms with Gasteiger partial charge in [-0.1, -0.05) is 42.5 Å². The predicted molar refractivity (Wildman–Crippen MR) is 93.0 cm³/mol. The van der Waals surface area contributed by atoms with E-state index in [9.17, 15) is 13.5 Å². The summed E-state index contributed by atoms with van der Waals surface area (Å²) in [7, 11) is -3.65. The molecular weight excluding hydrogens is 324 g/mol. The molecule has 1 unspecified atom stereocenters. The third-order valence-corrected chi connectivity index (χ3v) is 5.34. The minimum Gasteiger partial charge on any atom is -0.388 e. The molecule has 3 rings (SSSR count). The summed E-state index contributed by atoms with van der Waals surface area (Å²) in [6.07, 6.45) is 2.80. The van der Waals surface area contributed by atoms with E-state index >= 15 is 0 Å². The Labute approximate surface area is 141 Å². The highest BCUT2D eigenvalue weighted by atomic mass is 32.2. The first-order chi connectivity index (χ1) is 11.6. The van der Waals surface area contributed by atoms with Crippen LogP contribution in [0.4, 0.5) is 0 Å². The van der Waals surface area contributed by atoms with Crippen molar-refractivity contribution in [2.45, 2.75) is 17.4 Å². The van der Waals surface area contributed by atoms with Gasteiger partial charge in [-0.05, 0) is 24.1 Å². The molecule has 1 aromatic heterocycles. The van der Waals surface area contributed by atoms with Crippen LogP contribution in [0.2, 0.25) is 0 Å². The molecule has 1 heterocycles. The van der Waals surface area contributed by atoms with Crippen molar-refractivity contribution in [2.24, 2.45) is 0 Å². The highest BCUT2D eigenvalue weighted by Crippen LogP contribution is 2.22. The standard InChI is InChI=1S/C18H18N2O3S/c21-17(14-5-2-1-3-6-14)10-12-20-24(22,23)18-8-4-7-15-13-19-11-9-16(15)18/h1-9,11,13,17,20-21H,10,12H2. The van der Waals surface area contributed by atoms with Gasteiger partial charge in [0.05, 0.1) is 11.0 Å². The number of aromatic nitrogens is 1. The van der Waals surface area contributed by atoms with Crippen molar-refractivity contribution in [3.8, 4) is 0 Å². The van der Waals surface area contributed by atoms with Gasteiger partial charge in [0.2, 0.25) is 10.0 Å². The highest BCUT2D eigenvalue weighted by Gasteiger charge is 2.17. The second-order valence-electron chi connectivity index (χ2n) is 5.47. The van der Waals surface area contributed by atoms with Crippen molar-refractivity contribution in [3.63, 3.8) is 0 Å². The zero-order valence-electron chi connectivity index (χ0n) is 13.0. The molecule has 0 saturated heterocycles. The maximum absolute atomic E-state index is 12.6. The van der Waals surface area contributed by atoms with Gasteiger partial charge in [0.1, 0.15) is 0 Å². The van der Waals surface area contributed by atoms with Gasteiger partial charge in [0, 0.05) is 29.7 Å². The van der Waals surface area contributed by atoms with E-state index in [0.29, 0.717) is 11.8 Å². The molecule has 6 heteroatoms. The number of rotatable bonds is 6. The second kappa shape index (κ2) is 7.09. The average Bonchev–Trinajstić information content (AvgIpc) is 2.61. The molecule has 2 N–H and O–H groups in total. The van der Waals surface area contributed by atoms with Crippen LogP contribution in [0.1, 0.15) is 18.1 Å². The van der Waals surface area contributed by atoms with Gasteiger partial charge in [-0.2, -0.15) is 0 Å². The fourth-order valence-corrected chi connectivity index (χ4v) is 3.85. The smallest absolute Gasteiger partial charge is 0.241 e. The summed E-state index contributed by atoms with van der Waals surface area (Å²) in [5.41, 5.74) is 0.771. The second-order valence-corrected chi connectivity index (χ2v) is 7.20. The average molecular weight is 342 g/mol. The number of pyridine rings is 1. The maximum Gasteiger partial charge on any atom is 0.241 e. The quantitative estimate of drug-likeness (QED) is 0.722. The van der Waals surface area contributed by atoms with E-state index in [2.05, 4.69) is 9.71 Å². The summed E-state index contributed by atoms with van der Waals surface area (Å²) < 4.78 is 27.7. The van der Waals surface area contributed by atoms with Gasteiger partial charge < -0.3 is 5.11 Å².